The first kappa shape index (κ1) is 18.6. The summed E-state index contributed by atoms with van der Waals surface area (Å²) in [6, 6.07) is 3.01. The Morgan fingerprint density at radius 3 is 2.79 bits per heavy atom. The summed E-state index contributed by atoms with van der Waals surface area (Å²) in [6.45, 7) is 3.08. The maximum atomic E-state index is 12.9. The van der Waals surface area contributed by atoms with Crippen molar-refractivity contribution in [1.29, 1.82) is 0 Å². The molecule has 0 atom stereocenters. The molecule has 3 aromatic rings. The van der Waals surface area contributed by atoms with E-state index in [9.17, 15) is 18.0 Å². The fourth-order valence-corrected chi connectivity index (χ4v) is 3.33. The Balaban J connectivity index is 1.58. The molecule has 11 heteroatoms. The highest BCUT2D eigenvalue weighted by Crippen LogP contribution is 2.33. The zero-order chi connectivity index (χ0) is 20.1. The molecule has 1 aliphatic heterocycles. The Morgan fingerprint density at radius 2 is 2.11 bits per heavy atom. The molecule has 0 amide bonds. The van der Waals surface area contributed by atoms with Gasteiger partial charge in [0.2, 0.25) is 11.8 Å². The van der Waals surface area contributed by atoms with E-state index in [1.165, 1.54) is 16.8 Å². The van der Waals surface area contributed by atoms with Crippen LogP contribution in [0, 0.1) is 0 Å². The summed E-state index contributed by atoms with van der Waals surface area (Å²) in [5.41, 5.74) is -0.679. The number of fused-ring (bicyclic) bond motifs is 1. The van der Waals surface area contributed by atoms with Gasteiger partial charge in [-0.2, -0.15) is 18.2 Å². The van der Waals surface area contributed by atoms with Gasteiger partial charge in [0.05, 0.1) is 35.4 Å². The van der Waals surface area contributed by atoms with Crippen LogP contribution in [0.3, 0.4) is 0 Å². The van der Waals surface area contributed by atoms with E-state index in [1.54, 1.807) is 0 Å². The molecule has 3 heterocycles. The molecule has 2 aromatic heterocycles. The number of nitrogens with one attached hydrogen (secondary N) is 1. The van der Waals surface area contributed by atoms with Crippen molar-refractivity contribution < 1.29 is 17.9 Å². The number of hydrogen-bond donors (Lipinski definition) is 1. The average Bonchev–Trinajstić information content (AvgIpc) is 2.91. The van der Waals surface area contributed by atoms with E-state index in [4.69, 9.17) is 16.3 Å². The molecule has 0 saturated carbocycles. The van der Waals surface area contributed by atoms with Crippen LogP contribution < -0.4 is 15.3 Å². The first-order valence-electron chi connectivity index (χ1n) is 8.49. The Hall–Kier alpha value is -2.75. The lowest BCUT2D eigenvalue weighted by atomic mass is 10.1. The van der Waals surface area contributed by atoms with Gasteiger partial charge in [-0.25, -0.2) is 9.78 Å². The van der Waals surface area contributed by atoms with Crippen LogP contribution in [0.5, 0.6) is 5.88 Å². The van der Waals surface area contributed by atoms with Gasteiger partial charge in [-0.1, -0.05) is 11.6 Å². The van der Waals surface area contributed by atoms with Gasteiger partial charge < -0.3 is 14.6 Å². The van der Waals surface area contributed by atoms with Gasteiger partial charge in [-0.15, -0.1) is 0 Å². The smallest absolute Gasteiger partial charge is 0.416 e. The number of rotatable bonds is 4. The third-order valence-corrected chi connectivity index (χ3v) is 4.79. The molecular weight excluding hydrogens is 399 g/mol. The van der Waals surface area contributed by atoms with Gasteiger partial charge in [0.1, 0.15) is 5.02 Å². The molecule has 148 valence electrons. The van der Waals surface area contributed by atoms with E-state index in [2.05, 4.69) is 15.0 Å². The first-order chi connectivity index (χ1) is 13.3. The minimum atomic E-state index is -4.47. The van der Waals surface area contributed by atoms with Crippen LogP contribution in [0.1, 0.15) is 18.5 Å². The number of halogens is 4. The number of alkyl halides is 3. The molecule has 1 aliphatic rings. The predicted molar refractivity (Wildman–Crippen MR) is 97.0 cm³/mol. The van der Waals surface area contributed by atoms with Crippen LogP contribution in [0.2, 0.25) is 5.02 Å². The molecule has 1 fully saturated rings. The van der Waals surface area contributed by atoms with Crippen molar-refractivity contribution in [2.45, 2.75) is 19.1 Å². The van der Waals surface area contributed by atoms with Crippen LogP contribution in [0.25, 0.3) is 11.0 Å². The highest BCUT2D eigenvalue weighted by Gasteiger charge is 2.34. The maximum absolute atomic E-state index is 12.9. The molecule has 0 spiro atoms. The molecule has 0 bridgehead atoms. The standard InChI is InChI=1S/C17H15ClF3N5O2/c1-2-28-14-11(18)6-22-15(24-14)25-7-10(8-25)26-13-4-3-9(17(19,20)21)5-12(13)23-16(26)27/h3-6,10H,2,7-8H2,1H3,(H,23,27). The molecule has 0 radical (unpaired) electrons. The van der Waals surface area contributed by atoms with Crippen molar-refractivity contribution in [1.82, 2.24) is 19.5 Å². The topological polar surface area (TPSA) is 76.0 Å². The van der Waals surface area contributed by atoms with Gasteiger partial charge in [0.25, 0.3) is 0 Å². The monoisotopic (exact) mass is 413 g/mol. The highest BCUT2D eigenvalue weighted by atomic mass is 35.5. The number of aromatic amines is 1. The summed E-state index contributed by atoms with van der Waals surface area (Å²) >= 11 is 5.98. The zero-order valence-electron chi connectivity index (χ0n) is 14.6. The second-order valence-corrected chi connectivity index (χ2v) is 6.75. The first-order valence-corrected chi connectivity index (χ1v) is 8.87. The van der Waals surface area contributed by atoms with E-state index < -0.39 is 17.4 Å². The third kappa shape index (κ3) is 3.17. The van der Waals surface area contributed by atoms with Crippen molar-refractivity contribution in [2.24, 2.45) is 0 Å². The van der Waals surface area contributed by atoms with Gasteiger partial charge in [0.15, 0.2) is 0 Å². The number of aromatic nitrogens is 4. The average molecular weight is 414 g/mol. The number of imidazole rings is 1. The summed E-state index contributed by atoms with van der Waals surface area (Å²) < 4.78 is 45.4. The SMILES string of the molecule is CCOc1nc(N2CC(n3c(=O)[nH]c4cc(C(F)(F)F)ccc43)C2)ncc1Cl. The van der Waals surface area contributed by atoms with Crippen molar-refractivity contribution in [3.63, 3.8) is 0 Å². The number of anilines is 1. The maximum Gasteiger partial charge on any atom is 0.416 e. The largest absolute Gasteiger partial charge is 0.477 e. The summed E-state index contributed by atoms with van der Waals surface area (Å²) in [4.78, 5) is 25.1. The second kappa shape index (κ2) is 6.69. The molecule has 0 aliphatic carbocycles. The van der Waals surface area contributed by atoms with Crippen LogP contribution in [-0.4, -0.2) is 39.2 Å². The van der Waals surface area contributed by atoms with Gasteiger partial charge in [-0.05, 0) is 25.1 Å². The van der Waals surface area contributed by atoms with E-state index in [-0.39, 0.29) is 17.4 Å². The molecule has 4 rings (SSSR count). The molecule has 1 saturated heterocycles. The Labute approximate surface area is 161 Å². The predicted octanol–water partition coefficient (Wildman–Crippen LogP) is 3.25. The Kier molecular flexibility index (Phi) is 4.45. The van der Waals surface area contributed by atoms with Crippen molar-refractivity contribution >= 4 is 28.6 Å². The highest BCUT2D eigenvalue weighted by molar-refractivity contribution is 6.31. The summed E-state index contributed by atoms with van der Waals surface area (Å²) in [5, 5.41) is 0.302. The number of ether oxygens (including phenoxy) is 1. The van der Waals surface area contributed by atoms with Crippen LogP contribution in [0.4, 0.5) is 19.1 Å². The summed E-state index contributed by atoms with van der Waals surface area (Å²) in [6.07, 6.45) is -3.02. The molecule has 1 N–H and O–H groups in total. The molecule has 1 aromatic carbocycles. The molecular formula is C17H15ClF3N5O2. The van der Waals surface area contributed by atoms with Crippen LogP contribution >= 0.6 is 11.6 Å². The van der Waals surface area contributed by atoms with Crippen LogP contribution in [0.15, 0.2) is 29.2 Å². The Bertz CT molecular complexity index is 1090. The van der Waals surface area contributed by atoms with Crippen molar-refractivity contribution in [3.8, 4) is 5.88 Å². The number of hydrogen-bond acceptors (Lipinski definition) is 5. The van der Waals surface area contributed by atoms with Gasteiger partial charge in [0, 0.05) is 13.1 Å². The van der Waals surface area contributed by atoms with Crippen LogP contribution in [-0.2, 0) is 6.18 Å². The molecule has 0 unspecified atom stereocenters. The molecule has 28 heavy (non-hydrogen) atoms. The lowest BCUT2D eigenvalue weighted by Crippen LogP contribution is -2.50. The van der Waals surface area contributed by atoms with E-state index >= 15 is 0 Å². The van der Waals surface area contributed by atoms with E-state index in [0.29, 0.717) is 36.2 Å². The number of H-pyrrole nitrogens is 1. The number of benzene rings is 1. The lowest BCUT2D eigenvalue weighted by Gasteiger charge is -2.39. The van der Waals surface area contributed by atoms with E-state index in [1.807, 2.05) is 11.8 Å². The fraction of sp³-hybridized carbons (Fsp3) is 0.353. The van der Waals surface area contributed by atoms with Crippen molar-refractivity contribution in [3.05, 3.63) is 45.5 Å². The second-order valence-electron chi connectivity index (χ2n) is 6.34. The Morgan fingerprint density at radius 1 is 1.36 bits per heavy atom. The minimum absolute atomic E-state index is 0.152. The fourth-order valence-electron chi connectivity index (χ4n) is 3.18. The quantitative estimate of drug-likeness (QED) is 0.710. The summed E-state index contributed by atoms with van der Waals surface area (Å²) in [5.74, 6) is 0.693. The number of nitrogens with zero attached hydrogens (tertiary/aromatic N) is 4. The third-order valence-electron chi connectivity index (χ3n) is 4.53. The zero-order valence-corrected chi connectivity index (χ0v) is 15.4. The van der Waals surface area contributed by atoms with E-state index in [0.717, 1.165) is 12.1 Å². The minimum Gasteiger partial charge on any atom is -0.477 e. The normalized spacial score (nSPS) is 15.1. The lowest BCUT2D eigenvalue weighted by molar-refractivity contribution is -0.137. The molecule has 7 nitrogen and oxygen atoms in total. The van der Waals surface area contributed by atoms with Gasteiger partial charge in [-0.3, -0.25) is 4.57 Å². The summed E-state index contributed by atoms with van der Waals surface area (Å²) in [7, 11) is 0. The van der Waals surface area contributed by atoms with Gasteiger partial charge >= 0.3 is 11.9 Å². The van der Waals surface area contributed by atoms with Crippen molar-refractivity contribution in [2.75, 3.05) is 24.6 Å².